The van der Waals surface area contributed by atoms with Gasteiger partial charge in [0, 0.05) is 5.41 Å². The van der Waals surface area contributed by atoms with E-state index in [1.165, 1.54) is 12.0 Å². The van der Waals surface area contributed by atoms with E-state index < -0.39 is 0 Å². The van der Waals surface area contributed by atoms with Crippen molar-refractivity contribution < 1.29 is 9.53 Å². The van der Waals surface area contributed by atoms with Gasteiger partial charge >= 0.3 is 0 Å². The van der Waals surface area contributed by atoms with Crippen LogP contribution in [0.3, 0.4) is 0 Å². The van der Waals surface area contributed by atoms with Crippen LogP contribution in [0.15, 0.2) is 54.6 Å². The lowest BCUT2D eigenvalue weighted by Crippen LogP contribution is -2.50. The average Bonchev–Trinajstić information content (AvgIpc) is 2.62. The number of benzene rings is 2. The molecule has 26 heavy (non-hydrogen) atoms. The molecule has 2 aromatic carbocycles. The third-order valence-corrected chi connectivity index (χ3v) is 5.55. The fourth-order valence-electron chi connectivity index (χ4n) is 4.40. The van der Waals surface area contributed by atoms with Crippen LogP contribution in [0.4, 0.5) is 0 Å². The summed E-state index contributed by atoms with van der Waals surface area (Å²) in [6, 6.07) is 18.4. The summed E-state index contributed by atoms with van der Waals surface area (Å²) in [6.07, 6.45) is 4.93. The van der Waals surface area contributed by atoms with Crippen LogP contribution in [-0.2, 0) is 4.79 Å². The Labute approximate surface area is 156 Å². The topological polar surface area (TPSA) is 38.3 Å². The summed E-state index contributed by atoms with van der Waals surface area (Å²) in [5.41, 5.74) is 2.54. The number of rotatable bonds is 6. The predicted molar refractivity (Wildman–Crippen MR) is 106 cm³/mol. The molecule has 0 spiro atoms. The van der Waals surface area contributed by atoms with Crippen molar-refractivity contribution in [1.82, 2.24) is 5.32 Å². The SMILES string of the molecule is CC1(C)CCCC(C)(C(NC=O)Oc2ccc(-c3ccccc3)cc2)C1. The van der Waals surface area contributed by atoms with E-state index in [9.17, 15) is 4.79 Å². The molecule has 2 unspecified atom stereocenters. The van der Waals surface area contributed by atoms with E-state index in [1.807, 2.05) is 30.3 Å². The highest BCUT2D eigenvalue weighted by Crippen LogP contribution is 2.48. The Morgan fingerprint density at radius 2 is 1.62 bits per heavy atom. The van der Waals surface area contributed by atoms with Gasteiger partial charge in [0.2, 0.25) is 6.41 Å². The van der Waals surface area contributed by atoms with E-state index in [0.29, 0.717) is 0 Å². The largest absolute Gasteiger partial charge is 0.470 e. The molecule has 0 aliphatic heterocycles. The molecule has 2 atom stereocenters. The van der Waals surface area contributed by atoms with E-state index in [-0.39, 0.29) is 17.1 Å². The Bertz CT molecular complexity index is 724. The van der Waals surface area contributed by atoms with Crippen molar-refractivity contribution in [2.75, 3.05) is 0 Å². The van der Waals surface area contributed by atoms with Gasteiger partial charge in [-0.15, -0.1) is 0 Å². The number of carbonyl (C=O) groups excluding carboxylic acids is 1. The zero-order valence-corrected chi connectivity index (χ0v) is 16.0. The molecule has 3 heteroatoms. The minimum Gasteiger partial charge on any atom is -0.470 e. The highest BCUT2D eigenvalue weighted by molar-refractivity contribution is 5.63. The lowest BCUT2D eigenvalue weighted by Gasteiger charge is -2.46. The zero-order valence-electron chi connectivity index (χ0n) is 16.0. The number of hydrogen-bond acceptors (Lipinski definition) is 2. The standard InChI is InChI=1S/C23H29NO2/c1-22(2)14-7-15-23(3,16-22)21(24-17-25)26-20-12-10-19(11-13-20)18-8-5-4-6-9-18/h4-6,8-13,17,21H,7,14-16H2,1-3H3,(H,24,25). The first-order chi connectivity index (χ1) is 12.4. The van der Waals surface area contributed by atoms with Gasteiger partial charge in [0.25, 0.3) is 0 Å². The number of amides is 1. The molecule has 138 valence electrons. The summed E-state index contributed by atoms with van der Waals surface area (Å²) >= 11 is 0. The van der Waals surface area contributed by atoms with Gasteiger partial charge in [-0.25, -0.2) is 0 Å². The monoisotopic (exact) mass is 351 g/mol. The van der Waals surface area contributed by atoms with Crippen molar-refractivity contribution >= 4 is 6.41 Å². The van der Waals surface area contributed by atoms with Crippen LogP contribution in [0.1, 0.15) is 46.5 Å². The first kappa shape index (κ1) is 18.5. The van der Waals surface area contributed by atoms with Crippen molar-refractivity contribution in [2.24, 2.45) is 10.8 Å². The van der Waals surface area contributed by atoms with Gasteiger partial charge in [-0.1, -0.05) is 69.7 Å². The summed E-state index contributed by atoms with van der Waals surface area (Å²) in [6.45, 7) is 6.83. The zero-order chi connectivity index (χ0) is 18.6. The van der Waals surface area contributed by atoms with Crippen molar-refractivity contribution in [2.45, 2.75) is 52.7 Å². The Hall–Kier alpha value is -2.29. The first-order valence-electron chi connectivity index (χ1n) is 9.44. The molecule has 0 aromatic heterocycles. The molecule has 1 aliphatic carbocycles. The maximum Gasteiger partial charge on any atom is 0.209 e. The molecule has 1 fully saturated rings. The summed E-state index contributed by atoms with van der Waals surface area (Å²) in [5, 5.41) is 2.92. The minimum atomic E-state index is -0.317. The Morgan fingerprint density at radius 1 is 0.962 bits per heavy atom. The lowest BCUT2D eigenvalue weighted by molar-refractivity contribution is -0.116. The molecule has 0 bridgehead atoms. The number of nitrogens with one attached hydrogen (secondary N) is 1. The van der Waals surface area contributed by atoms with Gasteiger partial charge in [0.15, 0.2) is 6.23 Å². The predicted octanol–water partition coefficient (Wildman–Crippen LogP) is 5.41. The van der Waals surface area contributed by atoms with Crippen LogP contribution in [0, 0.1) is 10.8 Å². The highest BCUT2D eigenvalue weighted by Gasteiger charge is 2.43. The molecule has 0 radical (unpaired) electrons. The molecule has 0 saturated heterocycles. The second-order valence-corrected chi connectivity index (χ2v) is 8.52. The van der Waals surface area contributed by atoms with Crippen LogP contribution in [0.25, 0.3) is 11.1 Å². The van der Waals surface area contributed by atoms with Crippen LogP contribution in [0.5, 0.6) is 5.75 Å². The van der Waals surface area contributed by atoms with Crippen molar-refractivity contribution in [3.63, 3.8) is 0 Å². The normalized spacial score (nSPS) is 23.0. The molecular formula is C23H29NO2. The third-order valence-electron chi connectivity index (χ3n) is 5.55. The minimum absolute atomic E-state index is 0.0687. The van der Waals surface area contributed by atoms with Gasteiger partial charge in [0.1, 0.15) is 5.75 Å². The smallest absolute Gasteiger partial charge is 0.209 e. The average molecular weight is 351 g/mol. The molecule has 1 amide bonds. The number of carbonyl (C=O) groups is 1. The fourth-order valence-corrected chi connectivity index (χ4v) is 4.40. The summed E-state index contributed by atoms with van der Waals surface area (Å²) < 4.78 is 6.24. The molecule has 1 N–H and O–H groups in total. The highest BCUT2D eigenvalue weighted by atomic mass is 16.5. The van der Waals surface area contributed by atoms with Gasteiger partial charge < -0.3 is 10.1 Å². The van der Waals surface area contributed by atoms with Crippen LogP contribution in [0.2, 0.25) is 0 Å². The summed E-state index contributed by atoms with van der Waals surface area (Å²) in [4.78, 5) is 11.2. The Balaban J connectivity index is 1.77. The van der Waals surface area contributed by atoms with Crippen molar-refractivity contribution in [1.29, 1.82) is 0 Å². The van der Waals surface area contributed by atoms with Gasteiger partial charge in [-0.3, -0.25) is 4.79 Å². The molecular weight excluding hydrogens is 322 g/mol. The molecule has 3 nitrogen and oxygen atoms in total. The van der Waals surface area contributed by atoms with Crippen LogP contribution >= 0.6 is 0 Å². The third kappa shape index (κ3) is 4.27. The molecule has 1 aliphatic rings. The van der Waals surface area contributed by atoms with Gasteiger partial charge in [-0.05, 0) is 47.9 Å². The second-order valence-electron chi connectivity index (χ2n) is 8.52. The van der Waals surface area contributed by atoms with Gasteiger partial charge in [0.05, 0.1) is 0 Å². The van der Waals surface area contributed by atoms with E-state index >= 15 is 0 Å². The summed E-state index contributed by atoms with van der Waals surface area (Å²) in [5.74, 6) is 0.786. The summed E-state index contributed by atoms with van der Waals surface area (Å²) in [7, 11) is 0. The number of ether oxygens (including phenoxy) is 1. The molecule has 0 heterocycles. The van der Waals surface area contributed by atoms with E-state index in [0.717, 1.165) is 37.0 Å². The molecule has 1 saturated carbocycles. The van der Waals surface area contributed by atoms with E-state index in [4.69, 9.17) is 4.74 Å². The van der Waals surface area contributed by atoms with Gasteiger partial charge in [-0.2, -0.15) is 0 Å². The lowest BCUT2D eigenvalue weighted by atomic mass is 9.63. The second kappa shape index (κ2) is 7.53. The van der Waals surface area contributed by atoms with Crippen molar-refractivity contribution in [3.8, 4) is 16.9 Å². The fraction of sp³-hybridized carbons (Fsp3) is 0.435. The Morgan fingerprint density at radius 3 is 2.23 bits per heavy atom. The van der Waals surface area contributed by atoms with E-state index in [1.54, 1.807) is 0 Å². The maximum atomic E-state index is 11.2. The number of hydrogen-bond donors (Lipinski definition) is 1. The van der Waals surface area contributed by atoms with Crippen LogP contribution < -0.4 is 10.1 Å². The van der Waals surface area contributed by atoms with Crippen molar-refractivity contribution in [3.05, 3.63) is 54.6 Å². The van der Waals surface area contributed by atoms with E-state index in [2.05, 4.69) is 50.4 Å². The first-order valence-corrected chi connectivity index (χ1v) is 9.44. The quantitative estimate of drug-likeness (QED) is 0.558. The Kier molecular flexibility index (Phi) is 5.36. The van der Waals surface area contributed by atoms with Crippen LogP contribution in [-0.4, -0.2) is 12.6 Å². The molecule has 2 aromatic rings. The maximum absolute atomic E-state index is 11.2. The molecule has 3 rings (SSSR count).